The maximum atomic E-state index is 7.32. The fraction of sp³-hybridized carbons (Fsp3) is 0.857. The number of nitriles is 1. The monoisotopic (exact) mass is 140 g/mol. The van der Waals surface area contributed by atoms with E-state index in [9.17, 15) is 0 Å². The lowest BCUT2D eigenvalue weighted by Crippen LogP contribution is -2.12. The molecular formula is C7H17BN2. The fourth-order valence-corrected chi connectivity index (χ4v) is 0.474. The first-order valence-corrected chi connectivity index (χ1v) is 3.64. The van der Waals surface area contributed by atoms with Crippen LogP contribution < -0.4 is 0 Å². The minimum Gasteiger partial charge on any atom is -0.309 e. The average Bonchev–Trinajstić information content (AvgIpc) is 1.85. The molecule has 0 saturated carbocycles. The molecule has 3 heteroatoms. The van der Waals surface area contributed by atoms with Gasteiger partial charge >= 0.3 is 0 Å². The molecular weight excluding hydrogens is 123 g/mol. The molecule has 0 N–H and O–H groups in total. The summed E-state index contributed by atoms with van der Waals surface area (Å²) < 4.78 is 0. The Hall–Kier alpha value is -0.485. The van der Waals surface area contributed by atoms with E-state index in [-0.39, 0.29) is 0 Å². The quantitative estimate of drug-likeness (QED) is 0.532. The van der Waals surface area contributed by atoms with Gasteiger partial charge in [-0.3, -0.25) is 0 Å². The van der Waals surface area contributed by atoms with Crippen molar-refractivity contribution in [2.45, 2.75) is 19.8 Å². The van der Waals surface area contributed by atoms with E-state index in [1.165, 1.54) is 27.2 Å². The van der Waals surface area contributed by atoms with Crippen LogP contribution in [0.1, 0.15) is 19.8 Å². The van der Waals surface area contributed by atoms with Gasteiger partial charge in [0, 0.05) is 0 Å². The van der Waals surface area contributed by atoms with Crippen molar-refractivity contribution in [2.75, 3.05) is 20.6 Å². The Bertz CT molecular complexity index is 86.1. The molecule has 0 aliphatic rings. The van der Waals surface area contributed by atoms with Gasteiger partial charge in [-0.25, -0.2) is 5.26 Å². The van der Waals surface area contributed by atoms with Crippen LogP contribution in [0.3, 0.4) is 0 Å². The van der Waals surface area contributed by atoms with Crippen molar-refractivity contribution in [3.05, 3.63) is 0 Å². The van der Waals surface area contributed by atoms with Crippen LogP contribution >= 0.6 is 0 Å². The number of hydrogen-bond acceptors (Lipinski definition) is 2. The summed E-state index contributed by atoms with van der Waals surface area (Å²) in [6, 6.07) is 0. The zero-order valence-electron chi connectivity index (χ0n) is 7.52. The molecule has 0 bridgehead atoms. The molecule has 0 aromatic heterocycles. The molecule has 58 valence electrons. The second-order valence-corrected chi connectivity index (χ2v) is 2.38. The molecule has 0 aliphatic carbocycles. The minimum absolute atomic E-state index is 1.23. The second kappa shape index (κ2) is 11.3. The van der Waals surface area contributed by atoms with Crippen LogP contribution in [-0.2, 0) is 0 Å². The zero-order chi connectivity index (χ0) is 8.41. The van der Waals surface area contributed by atoms with Gasteiger partial charge < -0.3 is 4.90 Å². The molecule has 0 aromatic carbocycles. The van der Waals surface area contributed by atoms with E-state index in [1.807, 2.05) is 0 Å². The molecule has 0 fully saturated rings. The highest BCUT2D eigenvalue weighted by Gasteiger charge is 1.83. The molecule has 10 heavy (non-hydrogen) atoms. The van der Waals surface area contributed by atoms with Crippen molar-refractivity contribution in [3.63, 3.8) is 0 Å². The van der Waals surface area contributed by atoms with Gasteiger partial charge in [-0.05, 0) is 33.0 Å². The summed E-state index contributed by atoms with van der Waals surface area (Å²) >= 11 is 0. The van der Waals surface area contributed by atoms with E-state index >= 15 is 0 Å². The maximum absolute atomic E-state index is 7.32. The third-order valence-electron chi connectivity index (χ3n) is 0.959. The van der Waals surface area contributed by atoms with Gasteiger partial charge in [0.05, 0.1) is 0 Å². The second-order valence-electron chi connectivity index (χ2n) is 2.38. The SMILES string of the molecule is BC#N.CCCCN(C)C. The average molecular weight is 140 g/mol. The van der Waals surface area contributed by atoms with Crippen LogP contribution in [0.25, 0.3) is 0 Å². The van der Waals surface area contributed by atoms with Crippen molar-refractivity contribution >= 4 is 7.85 Å². The molecule has 0 amide bonds. The Kier molecular flexibility index (Phi) is 13.8. The fourth-order valence-electron chi connectivity index (χ4n) is 0.474. The smallest absolute Gasteiger partial charge is 0.232 e. The molecule has 0 atom stereocenters. The van der Waals surface area contributed by atoms with Crippen molar-refractivity contribution in [2.24, 2.45) is 0 Å². The summed E-state index contributed by atoms with van der Waals surface area (Å²) in [6.07, 6.45) is 2.63. The van der Waals surface area contributed by atoms with Gasteiger partial charge in [0.1, 0.15) is 0 Å². The standard InChI is InChI=1S/C6H15N.CH2BN/c1-4-5-6-7(2)3;2-1-3/h4-6H2,1-3H3;2H2. The highest BCUT2D eigenvalue weighted by Crippen LogP contribution is 1.86. The molecule has 0 rings (SSSR count). The van der Waals surface area contributed by atoms with Crippen LogP contribution in [0.2, 0.25) is 0 Å². The molecule has 0 aromatic rings. The van der Waals surface area contributed by atoms with Crippen LogP contribution in [0.5, 0.6) is 0 Å². The summed E-state index contributed by atoms with van der Waals surface area (Å²) in [6.45, 7) is 3.44. The first kappa shape index (κ1) is 12.2. The van der Waals surface area contributed by atoms with Crippen molar-refractivity contribution in [1.29, 1.82) is 5.26 Å². The van der Waals surface area contributed by atoms with Gasteiger partial charge in [0.15, 0.2) is 0 Å². The summed E-state index contributed by atoms with van der Waals surface area (Å²) in [7, 11) is 5.64. The largest absolute Gasteiger partial charge is 0.309 e. The van der Waals surface area contributed by atoms with E-state index in [4.69, 9.17) is 5.26 Å². The number of nitrogens with zero attached hydrogens (tertiary/aromatic N) is 2. The predicted molar refractivity (Wildman–Crippen MR) is 47.6 cm³/mol. The van der Waals surface area contributed by atoms with E-state index < -0.39 is 0 Å². The zero-order valence-corrected chi connectivity index (χ0v) is 7.52. The molecule has 2 nitrogen and oxygen atoms in total. The third-order valence-corrected chi connectivity index (χ3v) is 0.959. The molecule has 0 spiro atoms. The topological polar surface area (TPSA) is 27.0 Å². The lowest BCUT2D eigenvalue weighted by Gasteiger charge is -2.05. The van der Waals surface area contributed by atoms with Crippen LogP contribution in [0.15, 0.2) is 0 Å². The summed E-state index contributed by atoms with van der Waals surface area (Å²) in [5, 5.41) is 7.32. The lowest BCUT2D eigenvalue weighted by molar-refractivity contribution is 0.398. The summed E-state index contributed by atoms with van der Waals surface area (Å²) in [5.74, 6) is 1.75. The van der Waals surface area contributed by atoms with Gasteiger partial charge in [0.25, 0.3) is 0 Å². The molecule has 0 unspecified atom stereocenters. The number of rotatable bonds is 3. The van der Waals surface area contributed by atoms with Crippen molar-refractivity contribution in [1.82, 2.24) is 4.90 Å². The predicted octanol–water partition coefficient (Wildman–Crippen LogP) is 0.449. The third kappa shape index (κ3) is 25.8. The van der Waals surface area contributed by atoms with Crippen LogP contribution in [0.4, 0.5) is 0 Å². The van der Waals surface area contributed by atoms with E-state index in [2.05, 4.69) is 25.9 Å². The van der Waals surface area contributed by atoms with Crippen molar-refractivity contribution in [3.8, 4) is 5.97 Å². The Labute approximate surface area is 65.2 Å². The first-order valence-electron chi connectivity index (χ1n) is 3.64. The van der Waals surface area contributed by atoms with E-state index in [0.717, 1.165) is 0 Å². The highest BCUT2D eigenvalue weighted by atomic mass is 15.0. The van der Waals surface area contributed by atoms with E-state index in [0.29, 0.717) is 0 Å². The van der Waals surface area contributed by atoms with Crippen molar-refractivity contribution < 1.29 is 0 Å². The highest BCUT2D eigenvalue weighted by molar-refractivity contribution is 6.20. The Morgan fingerprint density at radius 3 is 2.00 bits per heavy atom. The van der Waals surface area contributed by atoms with Gasteiger partial charge in [0.2, 0.25) is 7.85 Å². The Morgan fingerprint density at radius 1 is 1.50 bits per heavy atom. The van der Waals surface area contributed by atoms with Gasteiger partial charge in [-0.15, -0.1) is 0 Å². The molecule has 0 saturated heterocycles. The summed E-state index contributed by atoms with van der Waals surface area (Å²) in [5.41, 5.74) is 0. The Balaban J connectivity index is 0. The number of hydrogen-bond donors (Lipinski definition) is 0. The number of unbranched alkanes of at least 4 members (excludes halogenated alkanes) is 1. The normalized spacial score (nSPS) is 7.90. The molecule has 0 heterocycles. The minimum atomic E-state index is 1.23. The molecule has 0 radical (unpaired) electrons. The maximum Gasteiger partial charge on any atom is 0.232 e. The van der Waals surface area contributed by atoms with Gasteiger partial charge in [-0.1, -0.05) is 13.3 Å². The lowest BCUT2D eigenvalue weighted by atomic mass is 10.2. The Morgan fingerprint density at radius 2 is 1.90 bits per heavy atom. The summed E-state index contributed by atoms with van der Waals surface area (Å²) in [4.78, 5) is 2.21. The molecule has 0 aliphatic heterocycles. The first-order chi connectivity index (χ1) is 4.68. The van der Waals surface area contributed by atoms with Gasteiger partial charge in [-0.2, -0.15) is 0 Å². The van der Waals surface area contributed by atoms with E-state index in [1.54, 1.807) is 5.97 Å². The van der Waals surface area contributed by atoms with Crippen LogP contribution in [0, 0.1) is 11.2 Å². The van der Waals surface area contributed by atoms with Crippen LogP contribution in [-0.4, -0.2) is 33.4 Å².